The quantitative estimate of drug-likeness (QED) is 0.546. The van der Waals surface area contributed by atoms with Crippen molar-refractivity contribution < 1.29 is 27.2 Å². The van der Waals surface area contributed by atoms with Crippen molar-refractivity contribution in [2.75, 3.05) is 26.2 Å². The molecule has 0 spiro atoms. The van der Waals surface area contributed by atoms with Crippen molar-refractivity contribution in [3.05, 3.63) is 89.4 Å². The SMILES string of the molecule is Cc1ccc(S(=O)(=O)C(NC(=O)c2ccco2)C(=O)N2CCN(C(=O)c3ccccc3C)CC2)cc1. The number of piperazine rings is 1. The Bertz CT molecular complexity index is 1360. The van der Waals surface area contributed by atoms with E-state index in [0.29, 0.717) is 5.56 Å². The minimum atomic E-state index is -4.28. The number of aryl methyl sites for hydroxylation is 2. The van der Waals surface area contributed by atoms with Crippen LogP contribution in [0.15, 0.2) is 76.2 Å². The van der Waals surface area contributed by atoms with Gasteiger partial charge in [-0.1, -0.05) is 35.9 Å². The maximum absolute atomic E-state index is 13.5. The van der Waals surface area contributed by atoms with E-state index >= 15 is 0 Å². The van der Waals surface area contributed by atoms with Crippen LogP contribution in [-0.2, 0) is 14.6 Å². The van der Waals surface area contributed by atoms with Crippen molar-refractivity contribution in [2.24, 2.45) is 0 Å². The lowest BCUT2D eigenvalue weighted by molar-refractivity contribution is -0.132. The molecule has 36 heavy (non-hydrogen) atoms. The average molecular weight is 510 g/mol. The maximum Gasteiger partial charge on any atom is 0.288 e. The first kappa shape index (κ1) is 25.2. The van der Waals surface area contributed by atoms with Gasteiger partial charge in [-0.15, -0.1) is 0 Å². The molecule has 0 aliphatic carbocycles. The summed E-state index contributed by atoms with van der Waals surface area (Å²) in [5, 5.41) is 0.494. The van der Waals surface area contributed by atoms with Gasteiger partial charge in [0, 0.05) is 31.7 Å². The number of hydrogen-bond acceptors (Lipinski definition) is 6. The summed E-state index contributed by atoms with van der Waals surface area (Å²) in [7, 11) is -4.28. The number of nitrogens with one attached hydrogen (secondary N) is 1. The van der Waals surface area contributed by atoms with Crippen LogP contribution >= 0.6 is 0 Å². The first-order valence-corrected chi connectivity index (χ1v) is 13.0. The average Bonchev–Trinajstić information content (AvgIpc) is 3.42. The molecule has 0 saturated carbocycles. The minimum absolute atomic E-state index is 0.0837. The van der Waals surface area contributed by atoms with Gasteiger partial charge in [-0.2, -0.15) is 0 Å². The maximum atomic E-state index is 13.5. The molecular formula is C26H27N3O6S. The highest BCUT2D eigenvalue weighted by Crippen LogP contribution is 2.20. The molecule has 1 fully saturated rings. The van der Waals surface area contributed by atoms with Crippen LogP contribution in [0.1, 0.15) is 32.0 Å². The molecule has 1 aromatic heterocycles. The Morgan fingerprint density at radius 1 is 0.861 bits per heavy atom. The normalized spacial score (nSPS) is 14.8. The third kappa shape index (κ3) is 5.18. The monoisotopic (exact) mass is 509 g/mol. The Balaban J connectivity index is 1.54. The first-order chi connectivity index (χ1) is 17.2. The molecule has 4 rings (SSSR count). The summed E-state index contributed by atoms with van der Waals surface area (Å²) in [6.07, 6.45) is 1.28. The van der Waals surface area contributed by atoms with Gasteiger partial charge in [0.2, 0.25) is 15.2 Å². The number of benzene rings is 2. The van der Waals surface area contributed by atoms with Crippen LogP contribution in [0.25, 0.3) is 0 Å². The van der Waals surface area contributed by atoms with Crippen LogP contribution in [0, 0.1) is 13.8 Å². The highest BCUT2D eigenvalue weighted by atomic mass is 32.2. The standard InChI is InChI=1S/C26H27N3O6S/c1-18-9-11-20(12-10-18)36(33,34)24(27-23(30)22-8-5-17-35-22)26(32)29-15-13-28(14-16-29)25(31)21-7-4-3-6-19(21)2/h3-12,17,24H,13-16H2,1-2H3,(H,27,30). The second-order valence-corrected chi connectivity index (χ2v) is 10.7. The summed E-state index contributed by atoms with van der Waals surface area (Å²) in [6, 6.07) is 16.2. The molecule has 10 heteroatoms. The number of amides is 3. The molecule has 2 aromatic carbocycles. The smallest absolute Gasteiger partial charge is 0.288 e. The van der Waals surface area contributed by atoms with Crippen LogP contribution in [0.2, 0.25) is 0 Å². The van der Waals surface area contributed by atoms with Crippen LogP contribution in [0.5, 0.6) is 0 Å². The Labute approximate surface area is 209 Å². The number of sulfone groups is 1. The number of carbonyl (C=O) groups is 3. The molecule has 1 N–H and O–H groups in total. The van der Waals surface area contributed by atoms with Gasteiger partial charge >= 0.3 is 0 Å². The van der Waals surface area contributed by atoms with Crippen LogP contribution in [0.3, 0.4) is 0 Å². The second kappa shape index (κ2) is 10.4. The third-order valence-corrected chi connectivity index (χ3v) is 8.01. The molecule has 188 valence electrons. The summed E-state index contributed by atoms with van der Waals surface area (Å²) >= 11 is 0. The fourth-order valence-corrected chi connectivity index (χ4v) is 5.48. The second-order valence-electron chi connectivity index (χ2n) is 8.62. The van der Waals surface area contributed by atoms with Crippen LogP contribution in [-0.4, -0.2) is 67.5 Å². The van der Waals surface area contributed by atoms with Crippen molar-refractivity contribution in [2.45, 2.75) is 24.1 Å². The van der Waals surface area contributed by atoms with Gasteiger partial charge in [0.05, 0.1) is 11.2 Å². The zero-order valence-corrected chi connectivity index (χ0v) is 20.8. The van der Waals surface area contributed by atoms with E-state index in [9.17, 15) is 22.8 Å². The Hall–Kier alpha value is -3.92. The highest BCUT2D eigenvalue weighted by Gasteiger charge is 2.40. The van der Waals surface area contributed by atoms with Gasteiger partial charge in [-0.25, -0.2) is 8.42 Å². The van der Waals surface area contributed by atoms with Crippen molar-refractivity contribution in [1.82, 2.24) is 15.1 Å². The van der Waals surface area contributed by atoms with E-state index in [1.54, 1.807) is 29.2 Å². The Morgan fingerprint density at radius 2 is 1.50 bits per heavy atom. The van der Waals surface area contributed by atoms with Crippen LogP contribution in [0.4, 0.5) is 0 Å². The molecule has 3 aromatic rings. The molecule has 1 aliphatic heterocycles. The third-order valence-electron chi connectivity index (χ3n) is 6.15. The molecule has 9 nitrogen and oxygen atoms in total. The molecule has 1 saturated heterocycles. The highest BCUT2D eigenvalue weighted by molar-refractivity contribution is 7.92. The number of hydrogen-bond donors (Lipinski definition) is 1. The van der Waals surface area contributed by atoms with Crippen molar-refractivity contribution in [3.63, 3.8) is 0 Å². The molecule has 0 bridgehead atoms. The van der Waals surface area contributed by atoms with Crippen molar-refractivity contribution in [1.29, 1.82) is 0 Å². The van der Waals surface area contributed by atoms with Gasteiger partial charge in [-0.05, 0) is 49.7 Å². The minimum Gasteiger partial charge on any atom is -0.459 e. The van der Waals surface area contributed by atoms with Gasteiger partial charge in [-0.3, -0.25) is 14.4 Å². The summed E-state index contributed by atoms with van der Waals surface area (Å²) in [6.45, 7) is 4.41. The number of carbonyl (C=O) groups excluding carboxylic acids is 3. The van der Waals surface area contributed by atoms with Gasteiger partial charge in [0.1, 0.15) is 0 Å². The summed E-state index contributed by atoms with van der Waals surface area (Å²) in [5.41, 5.74) is 2.29. The lowest BCUT2D eigenvalue weighted by atomic mass is 10.1. The molecule has 0 radical (unpaired) electrons. The number of nitrogens with zero attached hydrogens (tertiary/aromatic N) is 2. The zero-order chi connectivity index (χ0) is 25.9. The molecule has 3 amide bonds. The lowest BCUT2D eigenvalue weighted by Gasteiger charge is -2.36. The molecule has 1 atom stereocenters. The predicted molar refractivity (Wildman–Crippen MR) is 132 cm³/mol. The van der Waals surface area contributed by atoms with Gasteiger partial charge in [0.15, 0.2) is 5.76 Å². The summed E-state index contributed by atoms with van der Waals surface area (Å²) in [5.74, 6) is -1.84. The molecule has 1 aliphatic rings. The topological polar surface area (TPSA) is 117 Å². The lowest BCUT2D eigenvalue weighted by Crippen LogP contribution is -2.57. The Kier molecular flexibility index (Phi) is 7.25. The van der Waals surface area contributed by atoms with E-state index in [2.05, 4.69) is 5.32 Å². The molecular weight excluding hydrogens is 482 g/mol. The largest absolute Gasteiger partial charge is 0.459 e. The van der Waals surface area contributed by atoms with E-state index in [4.69, 9.17) is 4.42 Å². The van der Waals surface area contributed by atoms with E-state index < -0.39 is 27.0 Å². The first-order valence-electron chi connectivity index (χ1n) is 11.5. The predicted octanol–water partition coefficient (Wildman–Crippen LogP) is 2.41. The summed E-state index contributed by atoms with van der Waals surface area (Å²) < 4.78 is 32.0. The zero-order valence-electron chi connectivity index (χ0n) is 20.0. The van der Waals surface area contributed by atoms with Gasteiger partial charge < -0.3 is 19.5 Å². The molecule has 2 heterocycles. The van der Waals surface area contributed by atoms with E-state index in [1.165, 1.54) is 35.4 Å². The van der Waals surface area contributed by atoms with E-state index in [0.717, 1.165) is 11.1 Å². The molecule has 1 unspecified atom stereocenters. The fourth-order valence-electron chi connectivity index (χ4n) is 4.01. The fraction of sp³-hybridized carbons (Fsp3) is 0.269. The number of rotatable bonds is 6. The van der Waals surface area contributed by atoms with Crippen molar-refractivity contribution >= 4 is 27.6 Å². The Morgan fingerprint density at radius 3 is 2.11 bits per heavy atom. The number of furan rings is 1. The van der Waals surface area contributed by atoms with E-state index in [-0.39, 0.29) is 42.7 Å². The van der Waals surface area contributed by atoms with Gasteiger partial charge in [0.25, 0.3) is 17.7 Å². The van der Waals surface area contributed by atoms with E-state index in [1.807, 2.05) is 26.0 Å². The van der Waals surface area contributed by atoms with Crippen LogP contribution < -0.4 is 5.32 Å². The van der Waals surface area contributed by atoms with Crippen molar-refractivity contribution in [3.8, 4) is 0 Å². The summed E-state index contributed by atoms with van der Waals surface area (Å²) in [4.78, 5) is 42.0.